The predicted octanol–water partition coefficient (Wildman–Crippen LogP) is 6.21. The van der Waals surface area contributed by atoms with Gasteiger partial charge < -0.3 is 16.4 Å². The molecule has 34 heavy (non-hydrogen) atoms. The zero-order valence-corrected chi connectivity index (χ0v) is 20.9. The average Bonchev–Trinajstić information content (AvgIpc) is 3.04. The molecule has 0 saturated heterocycles. The third-order valence-corrected chi connectivity index (χ3v) is 7.89. The van der Waals surface area contributed by atoms with Crippen LogP contribution in [0.1, 0.15) is 80.2 Å². The summed E-state index contributed by atoms with van der Waals surface area (Å²) < 4.78 is 0. The second kappa shape index (κ2) is 10.3. The van der Waals surface area contributed by atoms with E-state index in [2.05, 4.69) is 71.0 Å². The minimum atomic E-state index is 0.240. The maximum Gasteiger partial charge on any atom is 0.0605 e. The molecule has 1 saturated carbocycles. The first kappa shape index (κ1) is 23.0. The molecule has 4 nitrogen and oxygen atoms in total. The van der Waals surface area contributed by atoms with Crippen molar-refractivity contribution in [1.29, 1.82) is 0 Å². The quantitative estimate of drug-likeness (QED) is 0.512. The number of nitrogens with one attached hydrogen (secondary N) is 2. The summed E-state index contributed by atoms with van der Waals surface area (Å²) in [5, 5.41) is 7.43. The number of aryl methyl sites for hydroxylation is 1. The molecule has 1 unspecified atom stereocenters. The molecule has 2 aromatic carbocycles. The van der Waals surface area contributed by atoms with Crippen LogP contribution in [-0.2, 0) is 0 Å². The van der Waals surface area contributed by atoms with Gasteiger partial charge in [-0.1, -0.05) is 49.6 Å². The van der Waals surface area contributed by atoms with Crippen LogP contribution in [0.25, 0.3) is 11.3 Å². The normalized spacial score (nSPS) is 23.4. The maximum atomic E-state index is 6.32. The van der Waals surface area contributed by atoms with Gasteiger partial charge in [-0.2, -0.15) is 0 Å². The van der Waals surface area contributed by atoms with Gasteiger partial charge in [0.25, 0.3) is 0 Å². The second-order valence-corrected chi connectivity index (χ2v) is 10.4. The zero-order chi connectivity index (χ0) is 23.5. The Morgan fingerprint density at radius 1 is 1.06 bits per heavy atom. The molecular formula is C30H40N4. The molecule has 0 aromatic heterocycles. The summed E-state index contributed by atoms with van der Waals surface area (Å²) >= 11 is 0. The van der Waals surface area contributed by atoms with Gasteiger partial charge in [-0.15, -0.1) is 0 Å². The highest BCUT2D eigenvalue weighted by Crippen LogP contribution is 2.36. The fourth-order valence-electron chi connectivity index (χ4n) is 6.03. The van der Waals surface area contributed by atoms with Crippen LogP contribution in [0.15, 0.2) is 54.2 Å². The zero-order valence-electron chi connectivity index (χ0n) is 20.9. The van der Waals surface area contributed by atoms with E-state index in [9.17, 15) is 0 Å². The van der Waals surface area contributed by atoms with Gasteiger partial charge in [0.1, 0.15) is 0 Å². The van der Waals surface area contributed by atoms with Crippen LogP contribution in [0.5, 0.6) is 0 Å². The molecule has 1 aliphatic carbocycles. The maximum absolute atomic E-state index is 6.32. The Balaban J connectivity index is 1.44. The van der Waals surface area contributed by atoms with E-state index in [-0.39, 0.29) is 6.04 Å². The lowest BCUT2D eigenvalue weighted by Crippen LogP contribution is -2.39. The Labute approximate surface area is 205 Å². The van der Waals surface area contributed by atoms with E-state index in [4.69, 9.17) is 5.73 Å². The fourth-order valence-corrected chi connectivity index (χ4v) is 6.03. The monoisotopic (exact) mass is 456 g/mol. The number of hydrogen-bond donors (Lipinski definition) is 3. The largest absolute Gasteiger partial charge is 0.401 e. The van der Waals surface area contributed by atoms with Crippen molar-refractivity contribution in [3.63, 3.8) is 0 Å². The van der Waals surface area contributed by atoms with Gasteiger partial charge in [-0.05, 0) is 80.0 Å². The highest BCUT2D eigenvalue weighted by Gasteiger charge is 2.25. The van der Waals surface area contributed by atoms with E-state index < -0.39 is 0 Å². The third-order valence-electron chi connectivity index (χ3n) is 7.89. The van der Waals surface area contributed by atoms with E-state index >= 15 is 0 Å². The van der Waals surface area contributed by atoms with Gasteiger partial charge in [0, 0.05) is 42.6 Å². The SMILES string of the molecule is C/C(N)=C1/NCCC(Nc2cccc(C)c2)c2cc(C3=CCN(C4CCCCC4)CC3)ccc21. The molecule has 2 heterocycles. The Morgan fingerprint density at radius 3 is 2.65 bits per heavy atom. The van der Waals surface area contributed by atoms with Crippen LogP contribution >= 0.6 is 0 Å². The van der Waals surface area contributed by atoms with E-state index in [0.717, 1.165) is 43.4 Å². The van der Waals surface area contributed by atoms with Crippen molar-refractivity contribution in [1.82, 2.24) is 10.2 Å². The molecule has 0 amide bonds. The number of nitrogens with two attached hydrogens (primary N) is 1. The van der Waals surface area contributed by atoms with Crippen LogP contribution in [0.4, 0.5) is 5.69 Å². The topological polar surface area (TPSA) is 53.3 Å². The van der Waals surface area contributed by atoms with E-state index in [1.54, 1.807) is 0 Å². The molecular weight excluding hydrogens is 416 g/mol. The number of hydrogen-bond acceptors (Lipinski definition) is 4. The van der Waals surface area contributed by atoms with Crippen LogP contribution < -0.4 is 16.4 Å². The highest BCUT2D eigenvalue weighted by atomic mass is 15.2. The summed E-state index contributed by atoms with van der Waals surface area (Å²) in [4.78, 5) is 2.72. The number of nitrogens with zero attached hydrogens (tertiary/aromatic N) is 1. The van der Waals surface area contributed by atoms with E-state index in [0.29, 0.717) is 0 Å². The molecule has 0 bridgehead atoms. The smallest absolute Gasteiger partial charge is 0.0605 e. The van der Waals surface area contributed by atoms with E-state index in [1.165, 1.54) is 72.2 Å². The molecule has 4 heteroatoms. The van der Waals surface area contributed by atoms with Crippen LogP contribution in [0.2, 0.25) is 0 Å². The lowest BCUT2D eigenvalue weighted by Gasteiger charge is -2.36. The minimum Gasteiger partial charge on any atom is -0.401 e. The number of allylic oxidation sites excluding steroid dienone is 1. The summed E-state index contributed by atoms with van der Waals surface area (Å²) in [5.74, 6) is 0. The Morgan fingerprint density at radius 2 is 1.91 bits per heavy atom. The molecule has 1 atom stereocenters. The Kier molecular flexibility index (Phi) is 6.96. The molecule has 0 radical (unpaired) electrons. The lowest BCUT2D eigenvalue weighted by atomic mass is 9.89. The summed E-state index contributed by atoms with van der Waals surface area (Å²) in [5.41, 5.74) is 16.1. The first-order valence-electron chi connectivity index (χ1n) is 13.2. The summed E-state index contributed by atoms with van der Waals surface area (Å²) in [6.07, 6.45) is 11.6. The van der Waals surface area contributed by atoms with Crippen molar-refractivity contribution in [2.45, 2.75) is 70.9 Å². The van der Waals surface area contributed by atoms with E-state index in [1.807, 2.05) is 6.92 Å². The van der Waals surface area contributed by atoms with Gasteiger partial charge in [-0.25, -0.2) is 0 Å². The Bertz CT molecular complexity index is 1070. The number of rotatable bonds is 4. The minimum absolute atomic E-state index is 0.240. The van der Waals surface area contributed by atoms with Crippen molar-refractivity contribution in [2.75, 3.05) is 25.0 Å². The fraction of sp³-hybridized carbons (Fsp3) is 0.467. The van der Waals surface area contributed by atoms with Crippen molar-refractivity contribution < 1.29 is 0 Å². The summed E-state index contributed by atoms with van der Waals surface area (Å²) in [6, 6.07) is 16.7. The molecule has 4 N–H and O–H groups in total. The van der Waals surface area contributed by atoms with Gasteiger partial charge in [0.2, 0.25) is 0 Å². The molecule has 0 spiro atoms. The lowest BCUT2D eigenvalue weighted by molar-refractivity contribution is 0.171. The van der Waals surface area contributed by atoms with Crippen molar-refractivity contribution in [3.8, 4) is 0 Å². The van der Waals surface area contributed by atoms with Crippen LogP contribution in [-0.4, -0.2) is 30.6 Å². The van der Waals surface area contributed by atoms with Crippen molar-refractivity contribution in [3.05, 3.63) is 76.5 Å². The summed E-state index contributed by atoms with van der Waals surface area (Å²) in [6.45, 7) is 7.33. The summed E-state index contributed by atoms with van der Waals surface area (Å²) in [7, 11) is 0. The highest BCUT2D eigenvalue weighted by molar-refractivity contribution is 5.75. The van der Waals surface area contributed by atoms with Gasteiger partial charge in [0.15, 0.2) is 0 Å². The molecule has 3 aliphatic rings. The standard InChI is InChI=1S/C30H40N4/c1-21-7-6-8-25(19-21)33-29-13-16-32-30(22(2)31)27-12-11-24(20-28(27)29)23-14-17-34(18-15-23)26-9-4-3-5-10-26/h6-8,11-12,14,19-20,26,29,32-33H,3-5,9-10,13,15-18,31H2,1-2H3/b30-22-. The Hall–Kier alpha value is -2.72. The molecule has 1 fully saturated rings. The molecule has 2 aromatic rings. The van der Waals surface area contributed by atoms with Crippen LogP contribution in [0.3, 0.4) is 0 Å². The number of fused-ring (bicyclic) bond motifs is 1. The second-order valence-electron chi connectivity index (χ2n) is 10.4. The van der Waals surface area contributed by atoms with Crippen molar-refractivity contribution >= 4 is 17.0 Å². The predicted molar refractivity (Wildman–Crippen MR) is 144 cm³/mol. The molecule has 180 valence electrons. The van der Waals surface area contributed by atoms with Gasteiger partial charge in [0.05, 0.1) is 11.7 Å². The molecule has 5 rings (SSSR count). The van der Waals surface area contributed by atoms with Crippen LogP contribution in [0, 0.1) is 6.92 Å². The average molecular weight is 457 g/mol. The van der Waals surface area contributed by atoms with Crippen molar-refractivity contribution in [2.24, 2.45) is 5.73 Å². The first-order valence-corrected chi connectivity index (χ1v) is 13.2. The first-order chi connectivity index (χ1) is 16.6. The van der Waals surface area contributed by atoms with Gasteiger partial charge in [-0.3, -0.25) is 4.90 Å². The number of benzene rings is 2. The van der Waals surface area contributed by atoms with Gasteiger partial charge >= 0.3 is 0 Å². The molecule has 2 aliphatic heterocycles. The number of anilines is 1. The third kappa shape index (κ3) is 5.02.